The predicted molar refractivity (Wildman–Crippen MR) is 24.2 cm³/mol. The first-order chi connectivity index (χ1) is 3.79. The van der Waals surface area contributed by atoms with Crippen molar-refractivity contribution in [3.05, 3.63) is 30.5 Å². The molecule has 0 atom stereocenters. The highest BCUT2D eigenvalue weighted by atomic mass is 14.6. The molecular weight excluding hydrogens is 74.1 g/mol. The van der Waals surface area contributed by atoms with Crippen LogP contribution >= 0.6 is 0 Å². The van der Waals surface area contributed by atoms with Crippen molar-refractivity contribution in [1.82, 2.24) is 4.98 Å². The van der Waals surface area contributed by atoms with Crippen LogP contribution in [-0.4, -0.2) is 4.98 Å². The van der Waals surface area contributed by atoms with Gasteiger partial charge in [-0.05, 0) is 12.1 Å². The Hall–Kier alpha value is -0.850. The van der Waals surface area contributed by atoms with E-state index in [-0.39, 0.29) is 12.1 Å². The maximum Gasteiger partial charge on any atom is 0.0639 e. The summed E-state index contributed by atoms with van der Waals surface area (Å²) >= 11 is 0. The molecule has 0 aliphatic rings. The number of nitrogens with zero attached hydrogens (tertiary/aromatic N) is 1. The predicted octanol–water partition coefficient (Wildman–Crippen LogP) is 1.08. The van der Waals surface area contributed by atoms with Crippen molar-refractivity contribution >= 4 is 0 Å². The van der Waals surface area contributed by atoms with Crippen LogP contribution in [0.5, 0.6) is 0 Å². The summed E-state index contributed by atoms with van der Waals surface area (Å²) in [6, 6.07) is 2.02. The van der Waals surface area contributed by atoms with Gasteiger partial charge < -0.3 is 0 Å². The maximum atomic E-state index is 6.95. The molecule has 0 radical (unpaired) electrons. The third-order valence-electron chi connectivity index (χ3n) is 0.465. The molecule has 6 heavy (non-hydrogen) atoms. The third-order valence-corrected chi connectivity index (χ3v) is 0.465. The van der Waals surface area contributed by atoms with E-state index in [1.807, 2.05) is 0 Å². The molecule has 0 N–H and O–H groups in total. The SMILES string of the molecule is [2H]c1cncc([2H])c1. The van der Waals surface area contributed by atoms with E-state index in [1.54, 1.807) is 0 Å². The molecule has 0 unspecified atom stereocenters. The van der Waals surface area contributed by atoms with Gasteiger partial charge in [-0.15, -0.1) is 0 Å². The lowest BCUT2D eigenvalue weighted by Crippen LogP contribution is -1.58. The monoisotopic (exact) mass is 81.1 g/mol. The van der Waals surface area contributed by atoms with E-state index in [4.69, 9.17) is 2.74 Å². The van der Waals surface area contributed by atoms with Crippen LogP contribution in [0, 0.1) is 0 Å². The van der Waals surface area contributed by atoms with Gasteiger partial charge in [-0.25, -0.2) is 0 Å². The van der Waals surface area contributed by atoms with Gasteiger partial charge in [-0.3, -0.25) is 4.98 Å². The highest BCUT2D eigenvalue weighted by Gasteiger charge is 1.58. The summed E-state index contributed by atoms with van der Waals surface area (Å²) in [6.45, 7) is 0. The van der Waals surface area contributed by atoms with Crippen molar-refractivity contribution in [3.63, 3.8) is 0 Å². The van der Waals surface area contributed by atoms with E-state index in [1.165, 1.54) is 18.5 Å². The second kappa shape index (κ2) is 1.55. The van der Waals surface area contributed by atoms with Crippen LogP contribution in [0.25, 0.3) is 0 Å². The topological polar surface area (TPSA) is 12.9 Å². The van der Waals surface area contributed by atoms with Crippen LogP contribution < -0.4 is 0 Å². The van der Waals surface area contributed by atoms with E-state index < -0.39 is 0 Å². The standard InChI is InChI=1S/C5H5N/c1-2-4-6-5-3-1/h1-5H/i2D,3D. The van der Waals surface area contributed by atoms with Gasteiger partial charge in [-0.2, -0.15) is 0 Å². The Bertz CT molecular complexity index is 170. The molecule has 1 heterocycles. The molecule has 1 rings (SSSR count). The van der Waals surface area contributed by atoms with E-state index in [2.05, 4.69) is 4.98 Å². The highest BCUT2D eigenvalue weighted by Crippen LogP contribution is 1.73. The van der Waals surface area contributed by atoms with Crippen molar-refractivity contribution in [2.24, 2.45) is 0 Å². The van der Waals surface area contributed by atoms with Crippen molar-refractivity contribution in [2.45, 2.75) is 0 Å². The minimum absolute atomic E-state index is 0.289. The molecule has 0 aliphatic carbocycles. The maximum absolute atomic E-state index is 6.95. The zero-order valence-corrected chi connectivity index (χ0v) is 3.18. The van der Waals surface area contributed by atoms with Crippen LogP contribution in [0.2, 0.25) is 0 Å². The average Bonchev–Trinajstić information content (AvgIpc) is 1.64. The van der Waals surface area contributed by atoms with Gasteiger partial charge in [0.1, 0.15) is 0 Å². The lowest BCUT2D eigenvalue weighted by atomic mass is 10.5. The minimum atomic E-state index is 0.289. The van der Waals surface area contributed by atoms with Crippen molar-refractivity contribution in [1.29, 1.82) is 0 Å². The Morgan fingerprint density at radius 2 is 2.00 bits per heavy atom. The molecule has 0 aromatic carbocycles. The summed E-state index contributed by atoms with van der Waals surface area (Å²) in [7, 11) is 0. The first-order valence-electron chi connectivity index (χ1n) is 2.67. The molecule has 1 nitrogen and oxygen atoms in total. The molecular formula is C5H5N. The Labute approximate surface area is 39.5 Å². The van der Waals surface area contributed by atoms with E-state index in [0.29, 0.717) is 0 Å². The van der Waals surface area contributed by atoms with Gasteiger partial charge in [0.15, 0.2) is 0 Å². The first kappa shape index (κ1) is 1.73. The fraction of sp³-hybridized carbons (Fsp3) is 0. The smallest absolute Gasteiger partial charge is 0.0639 e. The third kappa shape index (κ3) is 0.549. The number of rotatable bonds is 0. The lowest BCUT2D eigenvalue weighted by Gasteiger charge is -1.70. The quantitative estimate of drug-likeness (QED) is 0.455. The van der Waals surface area contributed by atoms with E-state index in [0.717, 1.165) is 0 Å². The number of aromatic nitrogens is 1. The highest BCUT2D eigenvalue weighted by molar-refractivity contribution is 4.88. The molecule has 0 saturated carbocycles. The zero-order chi connectivity index (χ0) is 5.98. The largest absolute Gasteiger partial charge is 0.265 e. The molecule has 1 aromatic heterocycles. The van der Waals surface area contributed by atoms with Crippen molar-refractivity contribution in [3.8, 4) is 0 Å². The molecule has 0 bridgehead atoms. The minimum Gasteiger partial charge on any atom is -0.265 e. The van der Waals surface area contributed by atoms with Crippen molar-refractivity contribution < 1.29 is 2.74 Å². The van der Waals surface area contributed by atoms with Gasteiger partial charge in [0.25, 0.3) is 0 Å². The molecule has 0 amide bonds. The number of pyridine rings is 1. The zero-order valence-electron chi connectivity index (χ0n) is 5.18. The second-order valence-electron chi connectivity index (χ2n) is 0.885. The Morgan fingerprint density at radius 1 is 1.33 bits per heavy atom. The summed E-state index contributed by atoms with van der Waals surface area (Å²) < 4.78 is 13.9. The van der Waals surface area contributed by atoms with Gasteiger partial charge in [0.05, 0.1) is 2.74 Å². The van der Waals surface area contributed by atoms with Crippen molar-refractivity contribution in [2.75, 3.05) is 0 Å². The van der Waals surface area contributed by atoms with Gasteiger partial charge in [0.2, 0.25) is 0 Å². The Balaban J connectivity index is 3.08. The van der Waals surface area contributed by atoms with Gasteiger partial charge >= 0.3 is 0 Å². The fourth-order valence-electron chi connectivity index (χ4n) is 0.246. The van der Waals surface area contributed by atoms with Gasteiger partial charge in [0, 0.05) is 12.4 Å². The van der Waals surface area contributed by atoms with Crippen LogP contribution in [0.15, 0.2) is 30.5 Å². The fourth-order valence-corrected chi connectivity index (χ4v) is 0.246. The van der Waals surface area contributed by atoms with Crippen LogP contribution in [0.1, 0.15) is 2.74 Å². The van der Waals surface area contributed by atoms with E-state index in [9.17, 15) is 0 Å². The summed E-state index contributed by atoms with van der Waals surface area (Å²) in [5.74, 6) is 0. The summed E-state index contributed by atoms with van der Waals surface area (Å²) in [5.41, 5.74) is 0. The normalized spacial score (nSPS) is 12.7. The molecule has 0 aliphatic heterocycles. The molecule has 0 fully saturated rings. The molecule has 30 valence electrons. The van der Waals surface area contributed by atoms with Crippen LogP contribution in [0.4, 0.5) is 0 Å². The number of hydrogen-bond donors (Lipinski definition) is 0. The van der Waals surface area contributed by atoms with Crippen LogP contribution in [-0.2, 0) is 0 Å². The van der Waals surface area contributed by atoms with Crippen LogP contribution in [0.3, 0.4) is 0 Å². The lowest BCUT2D eigenvalue weighted by molar-refractivity contribution is 1.33. The average molecular weight is 81.1 g/mol. The second-order valence-corrected chi connectivity index (χ2v) is 0.885. The Morgan fingerprint density at radius 3 is 2.33 bits per heavy atom. The molecule has 1 heteroatoms. The molecule has 1 aromatic rings. The van der Waals surface area contributed by atoms with E-state index >= 15 is 0 Å². The molecule has 0 saturated heterocycles. The summed E-state index contributed by atoms with van der Waals surface area (Å²) in [5, 5.41) is 0. The summed E-state index contributed by atoms with van der Waals surface area (Å²) in [6.07, 6.45) is 2.80. The first-order valence-corrected chi connectivity index (χ1v) is 1.67. The van der Waals surface area contributed by atoms with Gasteiger partial charge in [-0.1, -0.05) is 6.07 Å². The molecule has 0 spiro atoms. The summed E-state index contributed by atoms with van der Waals surface area (Å²) in [4.78, 5) is 3.61. The number of hydrogen-bond acceptors (Lipinski definition) is 1. The Kier molecular flexibility index (Phi) is 0.449.